The zero-order valence-electron chi connectivity index (χ0n) is 12.3. The van der Waals surface area contributed by atoms with Crippen molar-refractivity contribution in [3.8, 4) is 0 Å². The SMILES string of the molecule is CCCNC1CCC(NC(=O)c2ccc(F)cc2F)CC1. The fourth-order valence-corrected chi connectivity index (χ4v) is 2.73. The molecule has 0 bridgehead atoms. The Morgan fingerprint density at radius 2 is 1.86 bits per heavy atom. The Kier molecular flexibility index (Phi) is 5.67. The highest BCUT2D eigenvalue weighted by Gasteiger charge is 2.23. The van der Waals surface area contributed by atoms with Gasteiger partial charge in [0.25, 0.3) is 5.91 Å². The largest absolute Gasteiger partial charge is 0.349 e. The molecule has 5 heteroatoms. The molecule has 21 heavy (non-hydrogen) atoms. The normalized spacial score (nSPS) is 22.0. The number of carbonyl (C=O) groups excluding carboxylic acids is 1. The molecular weight excluding hydrogens is 274 g/mol. The predicted octanol–water partition coefficient (Wildman–Crippen LogP) is 3.01. The number of hydrogen-bond donors (Lipinski definition) is 2. The monoisotopic (exact) mass is 296 g/mol. The zero-order valence-corrected chi connectivity index (χ0v) is 12.3. The van der Waals surface area contributed by atoms with Crippen LogP contribution in [-0.4, -0.2) is 24.5 Å². The standard InChI is InChI=1S/C16H22F2N2O/c1-2-9-19-12-4-6-13(7-5-12)20-16(21)14-8-3-11(17)10-15(14)18/h3,8,10,12-13,19H,2,4-7,9H2,1H3,(H,20,21). The van der Waals surface area contributed by atoms with Crippen LogP contribution in [0.25, 0.3) is 0 Å². The van der Waals surface area contributed by atoms with Gasteiger partial charge in [-0.05, 0) is 50.8 Å². The molecule has 1 fully saturated rings. The number of carbonyl (C=O) groups is 1. The Balaban J connectivity index is 1.84. The molecule has 1 saturated carbocycles. The van der Waals surface area contributed by atoms with Crippen LogP contribution < -0.4 is 10.6 Å². The van der Waals surface area contributed by atoms with Crippen LogP contribution in [0, 0.1) is 11.6 Å². The minimum Gasteiger partial charge on any atom is -0.349 e. The van der Waals surface area contributed by atoms with Gasteiger partial charge in [0.15, 0.2) is 0 Å². The number of hydrogen-bond acceptors (Lipinski definition) is 2. The molecule has 2 N–H and O–H groups in total. The fraction of sp³-hybridized carbons (Fsp3) is 0.562. The van der Waals surface area contributed by atoms with E-state index in [2.05, 4.69) is 17.6 Å². The van der Waals surface area contributed by atoms with Gasteiger partial charge in [0.1, 0.15) is 11.6 Å². The lowest BCUT2D eigenvalue weighted by Crippen LogP contribution is -2.42. The fourth-order valence-electron chi connectivity index (χ4n) is 2.73. The van der Waals surface area contributed by atoms with E-state index in [-0.39, 0.29) is 11.6 Å². The summed E-state index contributed by atoms with van der Waals surface area (Å²) in [5, 5.41) is 6.32. The van der Waals surface area contributed by atoms with E-state index in [4.69, 9.17) is 0 Å². The van der Waals surface area contributed by atoms with E-state index in [9.17, 15) is 13.6 Å². The minimum absolute atomic E-state index is 0.0710. The van der Waals surface area contributed by atoms with Gasteiger partial charge in [-0.3, -0.25) is 4.79 Å². The molecule has 116 valence electrons. The summed E-state index contributed by atoms with van der Waals surface area (Å²) in [5.74, 6) is -1.95. The molecule has 3 nitrogen and oxygen atoms in total. The molecule has 0 heterocycles. The Morgan fingerprint density at radius 3 is 2.48 bits per heavy atom. The molecule has 0 atom stereocenters. The van der Waals surface area contributed by atoms with E-state index >= 15 is 0 Å². The van der Waals surface area contributed by atoms with Crippen molar-refractivity contribution in [1.29, 1.82) is 0 Å². The number of amides is 1. The highest BCUT2D eigenvalue weighted by atomic mass is 19.1. The second-order valence-corrected chi connectivity index (χ2v) is 5.60. The van der Waals surface area contributed by atoms with Gasteiger partial charge in [0.2, 0.25) is 0 Å². The van der Waals surface area contributed by atoms with Gasteiger partial charge >= 0.3 is 0 Å². The van der Waals surface area contributed by atoms with Crippen LogP contribution in [0.4, 0.5) is 8.78 Å². The first-order valence-electron chi connectivity index (χ1n) is 7.59. The number of nitrogens with one attached hydrogen (secondary N) is 2. The molecule has 0 unspecified atom stereocenters. The molecule has 1 amide bonds. The summed E-state index contributed by atoms with van der Waals surface area (Å²) in [6.45, 7) is 3.15. The van der Waals surface area contributed by atoms with Gasteiger partial charge in [0.05, 0.1) is 5.56 Å². The van der Waals surface area contributed by atoms with Crippen molar-refractivity contribution >= 4 is 5.91 Å². The van der Waals surface area contributed by atoms with Crippen molar-refractivity contribution in [1.82, 2.24) is 10.6 Å². The third-order valence-corrected chi connectivity index (χ3v) is 3.92. The number of halogens is 2. The first kappa shape index (κ1) is 15.9. The lowest BCUT2D eigenvalue weighted by atomic mass is 9.91. The first-order valence-corrected chi connectivity index (χ1v) is 7.59. The summed E-state index contributed by atoms with van der Waals surface area (Å²) in [4.78, 5) is 12.0. The minimum atomic E-state index is -0.814. The maximum Gasteiger partial charge on any atom is 0.254 e. The molecule has 0 aliphatic heterocycles. The summed E-state index contributed by atoms with van der Waals surface area (Å²) in [7, 11) is 0. The van der Waals surface area contributed by atoms with Gasteiger partial charge < -0.3 is 10.6 Å². The second-order valence-electron chi connectivity index (χ2n) is 5.60. The molecule has 1 aliphatic rings. The highest BCUT2D eigenvalue weighted by Crippen LogP contribution is 2.19. The average Bonchev–Trinajstić information content (AvgIpc) is 2.46. The molecule has 0 radical (unpaired) electrons. The van der Waals surface area contributed by atoms with Crippen LogP contribution in [0.2, 0.25) is 0 Å². The molecule has 2 rings (SSSR count). The Bertz CT molecular complexity index is 485. The van der Waals surface area contributed by atoms with Gasteiger partial charge in [0, 0.05) is 18.2 Å². The third-order valence-electron chi connectivity index (χ3n) is 3.92. The average molecular weight is 296 g/mol. The molecule has 0 spiro atoms. The maximum absolute atomic E-state index is 13.5. The molecule has 1 aromatic rings. The molecule has 1 aromatic carbocycles. The Labute approximate surface area is 124 Å². The molecule has 0 saturated heterocycles. The smallest absolute Gasteiger partial charge is 0.254 e. The third kappa shape index (κ3) is 4.49. The van der Waals surface area contributed by atoms with Crippen LogP contribution in [0.3, 0.4) is 0 Å². The topological polar surface area (TPSA) is 41.1 Å². The number of benzene rings is 1. The summed E-state index contributed by atoms with van der Waals surface area (Å²) in [5.41, 5.74) is -0.0948. The number of rotatable bonds is 5. The van der Waals surface area contributed by atoms with E-state index in [1.807, 2.05) is 0 Å². The zero-order chi connectivity index (χ0) is 15.2. The quantitative estimate of drug-likeness (QED) is 0.877. The van der Waals surface area contributed by atoms with Gasteiger partial charge in [-0.1, -0.05) is 6.92 Å². The van der Waals surface area contributed by atoms with E-state index in [0.717, 1.165) is 50.8 Å². The molecule has 1 aliphatic carbocycles. The predicted molar refractivity (Wildman–Crippen MR) is 78.2 cm³/mol. The van der Waals surface area contributed by atoms with E-state index in [0.29, 0.717) is 6.04 Å². The summed E-state index contributed by atoms with van der Waals surface area (Å²) >= 11 is 0. The summed E-state index contributed by atoms with van der Waals surface area (Å²) in [6, 6.07) is 3.61. The van der Waals surface area contributed by atoms with Crippen LogP contribution in [0.5, 0.6) is 0 Å². The van der Waals surface area contributed by atoms with E-state index in [1.54, 1.807) is 0 Å². The van der Waals surface area contributed by atoms with Crippen molar-refractivity contribution in [2.75, 3.05) is 6.54 Å². The van der Waals surface area contributed by atoms with Crippen LogP contribution in [0.1, 0.15) is 49.4 Å². The van der Waals surface area contributed by atoms with Gasteiger partial charge in [-0.25, -0.2) is 8.78 Å². The van der Waals surface area contributed by atoms with Crippen molar-refractivity contribution in [2.24, 2.45) is 0 Å². The molecular formula is C16H22F2N2O. The summed E-state index contributed by atoms with van der Waals surface area (Å²) in [6.07, 6.45) is 4.90. The van der Waals surface area contributed by atoms with Crippen molar-refractivity contribution in [3.05, 3.63) is 35.4 Å². The van der Waals surface area contributed by atoms with Crippen molar-refractivity contribution < 1.29 is 13.6 Å². The molecule has 0 aromatic heterocycles. The van der Waals surface area contributed by atoms with Crippen LogP contribution in [0.15, 0.2) is 18.2 Å². The van der Waals surface area contributed by atoms with Crippen LogP contribution in [-0.2, 0) is 0 Å². The van der Waals surface area contributed by atoms with Crippen LogP contribution >= 0.6 is 0 Å². The Morgan fingerprint density at radius 1 is 1.19 bits per heavy atom. The van der Waals surface area contributed by atoms with Crippen molar-refractivity contribution in [3.63, 3.8) is 0 Å². The van der Waals surface area contributed by atoms with E-state index < -0.39 is 17.5 Å². The lowest BCUT2D eigenvalue weighted by molar-refractivity contribution is 0.0920. The lowest BCUT2D eigenvalue weighted by Gasteiger charge is -2.29. The first-order chi connectivity index (χ1) is 10.1. The second kappa shape index (κ2) is 7.50. The van der Waals surface area contributed by atoms with E-state index in [1.165, 1.54) is 6.07 Å². The summed E-state index contributed by atoms with van der Waals surface area (Å²) < 4.78 is 26.4. The Hall–Kier alpha value is -1.49. The highest BCUT2D eigenvalue weighted by molar-refractivity contribution is 5.94. The van der Waals surface area contributed by atoms with Crippen molar-refractivity contribution in [2.45, 2.75) is 51.1 Å². The van der Waals surface area contributed by atoms with Gasteiger partial charge in [-0.2, -0.15) is 0 Å². The van der Waals surface area contributed by atoms with Gasteiger partial charge in [-0.15, -0.1) is 0 Å². The maximum atomic E-state index is 13.5.